The summed E-state index contributed by atoms with van der Waals surface area (Å²) in [5.41, 5.74) is 21.3. The number of hydrogen-bond acceptors (Lipinski definition) is 2. The maximum atomic E-state index is 5.61. The average molecular weight is 903 g/mol. The summed E-state index contributed by atoms with van der Waals surface area (Å²) >= 11 is 0. The summed E-state index contributed by atoms with van der Waals surface area (Å²) < 4.78 is 0. The van der Waals surface area contributed by atoms with E-state index in [-0.39, 0.29) is 38.7 Å². The second-order valence-electron chi connectivity index (χ2n) is 21.8. The van der Waals surface area contributed by atoms with Crippen LogP contribution in [0, 0.1) is 0 Å². The molecule has 0 saturated carbocycles. The van der Waals surface area contributed by atoms with Crippen LogP contribution in [-0.4, -0.2) is 19.9 Å². The zero-order chi connectivity index (χ0) is 45.3. The van der Waals surface area contributed by atoms with E-state index in [0.717, 1.165) is 89.4 Å². The molecule has 5 heteroatoms. The Bertz CT molecular complexity index is 2890. The van der Waals surface area contributed by atoms with E-state index in [1.54, 1.807) is 0 Å². The summed E-state index contributed by atoms with van der Waals surface area (Å²) in [6.45, 7) is 27.6. The number of hydrogen-bond donors (Lipinski definition) is 2. The minimum absolute atomic E-state index is 0. The fourth-order valence-corrected chi connectivity index (χ4v) is 8.91. The molecule has 333 valence electrons. The molecule has 7 aromatic rings. The predicted molar refractivity (Wildman–Crippen MR) is 275 cm³/mol. The van der Waals surface area contributed by atoms with Crippen molar-refractivity contribution in [3.05, 3.63) is 166 Å². The summed E-state index contributed by atoms with van der Waals surface area (Å²) in [7, 11) is 0. The molecule has 0 unspecified atom stereocenters. The third-order valence-electron chi connectivity index (χ3n) is 12.8. The van der Waals surface area contributed by atoms with Crippen LogP contribution in [0.3, 0.4) is 0 Å². The monoisotopic (exact) mass is 901 g/mol. The first kappa shape index (κ1) is 45.6. The fraction of sp³-hybridized carbons (Fsp3) is 0.267. The molecule has 8 bridgehead atoms. The van der Waals surface area contributed by atoms with E-state index in [2.05, 4.69) is 239 Å². The Morgan fingerprint density at radius 2 is 0.554 bits per heavy atom. The quantitative estimate of drug-likeness (QED) is 0.173. The molecule has 4 nitrogen and oxygen atoms in total. The molecule has 1 radical (unpaired) electrons. The van der Waals surface area contributed by atoms with Crippen molar-refractivity contribution in [2.75, 3.05) is 0 Å². The van der Waals surface area contributed by atoms with Gasteiger partial charge in [0.1, 0.15) is 0 Å². The summed E-state index contributed by atoms with van der Waals surface area (Å²) in [6.07, 6.45) is 8.79. The molecule has 2 N–H and O–H groups in total. The van der Waals surface area contributed by atoms with E-state index in [1.807, 2.05) is 0 Å². The molecule has 65 heavy (non-hydrogen) atoms. The Labute approximate surface area is 396 Å². The molecule has 0 amide bonds. The molecule has 0 aliphatic carbocycles. The topological polar surface area (TPSA) is 57.4 Å². The summed E-state index contributed by atoms with van der Waals surface area (Å²) in [5, 5.41) is 0. The Morgan fingerprint density at radius 1 is 0.308 bits per heavy atom. The molecule has 0 spiro atoms. The fourth-order valence-electron chi connectivity index (χ4n) is 8.91. The van der Waals surface area contributed by atoms with Gasteiger partial charge < -0.3 is 9.97 Å². The van der Waals surface area contributed by atoms with Gasteiger partial charge in [0.25, 0.3) is 0 Å². The van der Waals surface area contributed by atoms with Gasteiger partial charge in [0, 0.05) is 61.4 Å². The van der Waals surface area contributed by atoms with E-state index < -0.39 is 0 Å². The van der Waals surface area contributed by atoms with Crippen LogP contribution >= 0.6 is 0 Å². The van der Waals surface area contributed by atoms with E-state index >= 15 is 0 Å². The minimum atomic E-state index is -0.0619. The molecule has 2 aliphatic heterocycles. The molecule has 5 heterocycles. The van der Waals surface area contributed by atoms with Gasteiger partial charge in [-0.05, 0) is 115 Å². The van der Waals surface area contributed by atoms with Gasteiger partial charge in [-0.1, -0.05) is 180 Å². The van der Waals surface area contributed by atoms with Crippen LogP contribution in [0.5, 0.6) is 0 Å². The number of H-pyrrole nitrogens is 2. The van der Waals surface area contributed by atoms with Crippen molar-refractivity contribution in [1.82, 2.24) is 19.9 Å². The van der Waals surface area contributed by atoms with Crippen molar-refractivity contribution in [2.24, 2.45) is 0 Å². The van der Waals surface area contributed by atoms with Gasteiger partial charge in [-0.25, -0.2) is 9.97 Å². The smallest absolute Gasteiger partial charge is 0.0737 e. The van der Waals surface area contributed by atoms with Crippen LogP contribution in [0.2, 0.25) is 0 Å². The average Bonchev–Trinajstić information content (AvgIpc) is 4.08. The molecule has 2 aliphatic rings. The van der Waals surface area contributed by atoms with Crippen molar-refractivity contribution >= 4 is 46.4 Å². The molecule has 3 aromatic heterocycles. The molecule has 0 saturated heterocycles. The van der Waals surface area contributed by atoms with Gasteiger partial charge in [-0.3, -0.25) is 0 Å². The third-order valence-corrected chi connectivity index (χ3v) is 12.8. The first-order valence-corrected chi connectivity index (χ1v) is 22.8. The predicted octanol–water partition coefficient (Wildman–Crippen LogP) is 16.5. The molecule has 0 fully saturated rings. The van der Waals surface area contributed by atoms with Gasteiger partial charge in [-0.2, -0.15) is 0 Å². The van der Waals surface area contributed by atoms with E-state index in [1.165, 1.54) is 22.3 Å². The number of fused-ring (bicyclic) bond motifs is 8. The summed E-state index contributed by atoms with van der Waals surface area (Å²) in [4.78, 5) is 19.2. The van der Waals surface area contributed by atoms with Crippen LogP contribution < -0.4 is 0 Å². The molecular weight excluding hydrogens is 840 g/mol. The van der Waals surface area contributed by atoms with Gasteiger partial charge in [0.2, 0.25) is 0 Å². The normalized spacial score (nSPS) is 13.0. The second-order valence-corrected chi connectivity index (χ2v) is 21.8. The second kappa shape index (κ2) is 16.8. The molecule has 9 rings (SSSR count). The van der Waals surface area contributed by atoms with Gasteiger partial charge in [-0.15, -0.1) is 0 Å². The van der Waals surface area contributed by atoms with Crippen molar-refractivity contribution in [2.45, 2.75) is 105 Å². The Morgan fingerprint density at radius 3 is 0.800 bits per heavy atom. The van der Waals surface area contributed by atoms with Crippen molar-refractivity contribution < 1.29 is 17.1 Å². The van der Waals surface area contributed by atoms with E-state index in [4.69, 9.17) is 9.97 Å². The van der Waals surface area contributed by atoms with Gasteiger partial charge in [0.05, 0.1) is 22.8 Å². The Balaban J connectivity index is 0.00000576. The zero-order valence-electron chi connectivity index (χ0n) is 40.1. The standard InChI is InChI=1S/C60H62N4.Cu/c1-57(2,3)41-31-39(32-42(35-41)58(4,5)6)55-49-27-23-45(61-49)53(37-19-15-13-16-20-37)47-25-29-51(63-47)56(40-33-43(59(7,8)9)36-44(34-40)60(10,11)12)52-30-26-48(64-52)54(38-21-17-14-18-22-38)46-24-28-50(55)62-46;/h13-36,61,64H,1-12H3;. The van der Waals surface area contributed by atoms with Crippen molar-refractivity contribution in [3.8, 4) is 44.5 Å². The summed E-state index contributed by atoms with van der Waals surface area (Å²) in [5.74, 6) is 0. The third kappa shape index (κ3) is 9.02. The van der Waals surface area contributed by atoms with Crippen molar-refractivity contribution in [3.63, 3.8) is 0 Å². The number of aromatic amines is 2. The number of aromatic nitrogens is 4. The SMILES string of the molecule is CC(C)(C)c1cc(-c2c3nc(c(-c4ccccc4)c4ccc([nH]4)c(-c4cc(C(C)(C)C)cc(C(C)(C)C)c4)c4nc(c(-c5ccccc5)c5ccc2[nH]5)C=C4)C=C3)cc(C(C)(C)C)c1.[Cu]. The molecule has 4 aromatic carbocycles. The van der Waals surface area contributed by atoms with E-state index in [0.29, 0.717) is 0 Å². The van der Waals surface area contributed by atoms with Crippen LogP contribution in [0.15, 0.2) is 121 Å². The van der Waals surface area contributed by atoms with E-state index in [9.17, 15) is 0 Å². The maximum absolute atomic E-state index is 5.61. The Kier molecular flexibility index (Phi) is 11.8. The van der Waals surface area contributed by atoms with Gasteiger partial charge >= 0.3 is 0 Å². The Hall–Kier alpha value is -6.00. The van der Waals surface area contributed by atoms with Crippen LogP contribution in [0.4, 0.5) is 0 Å². The number of nitrogens with one attached hydrogen (secondary N) is 2. The maximum Gasteiger partial charge on any atom is 0.0737 e. The molecular formula is C60H62CuN4. The molecule has 0 atom stereocenters. The number of benzene rings is 4. The number of nitrogens with zero attached hydrogens (tertiary/aromatic N) is 2. The number of rotatable bonds is 4. The van der Waals surface area contributed by atoms with Crippen LogP contribution in [-0.2, 0) is 38.7 Å². The van der Waals surface area contributed by atoms with Crippen molar-refractivity contribution in [1.29, 1.82) is 0 Å². The van der Waals surface area contributed by atoms with Crippen LogP contribution in [0.25, 0.3) is 90.9 Å². The zero-order valence-corrected chi connectivity index (χ0v) is 41.0. The largest absolute Gasteiger partial charge is 0.354 e. The van der Waals surface area contributed by atoms with Crippen LogP contribution in [0.1, 0.15) is 128 Å². The first-order valence-electron chi connectivity index (χ1n) is 22.8. The first-order chi connectivity index (χ1) is 30.2. The minimum Gasteiger partial charge on any atom is -0.354 e. The van der Waals surface area contributed by atoms with Gasteiger partial charge in [0.15, 0.2) is 0 Å². The summed E-state index contributed by atoms with van der Waals surface area (Å²) in [6, 6.07) is 44.5.